The average Bonchev–Trinajstić information content (AvgIpc) is 2.83. The van der Waals surface area contributed by atoms with Gasteiger partial charge in [0.2, 0.25) is 0 Å². The minimum atomic E-state index is 0.393. The maximum absolute atomic E-state index is 5.64. The second-order valence-corrected chi connectivity index (χ2v) is 4.88. The summed E-state index contributed by atoms with van der Waals surface area (Å²) in [4.78, 5) is 4.29. The third-order valence-electron chi connectivity index (χ3n) is 3.43. The first-order chi connectivity index (χ1) is 8.79. The van der Waals surface area contributed by atoms with Crippen molar-refractivity contribution in [3.63, 3.8) is 0 Å². The van der Waals surface area contributed by atoms with Gasteiger partial charge in [0.1, 0.15) is 6.26 Å². The Morgan fingerprint density at radius 1 is 1.44 bits per heavy atom. The van der Waals surface area contributed by atoms with Crippen LogP contribution in [0.25, 0.3) is 0 Å². The largest absolute Gasteiger partial charge is 0.450 e. The lowest BCUT2D eigenvalue weighted by Crippen LogP contribution is -2.21. The Balaban J connectivity index is 1.79. The third kappa shape index (κ3) is 3.60. The number of oxazole rings is 1. The molecule has 1 heterocycles. The van der Waals surface area contributed by atoms with Crippen molar-refractivity contribution >= 4 is 0 Å². The molecule has 100 valence electrons. The van der Waals surface area contributed by atoms with Crippen molar-refractivity contribution in [1.29, 1.82) is 0 Å². The van der Waals surface area contributed by atoms with Gasteiger partial charge in [0.05, 0.1) is 12.3 Å². The molecule has 4 heteroatoms. The van der Waals surface area contributed by atoms with Crippen LogP contribution in [0.2, 0.25) is 0 Å². The highest BCUT2D eigenvalue weighted by Crippen LogP contribution is 2.25. The molecule has 0 saturated carbocycles. The summed E-state index contributed by atoms with van der Waals surface area (Å²) < 4.78 is 10.9. The summed E-state index contributed by atoms with van der Waals surface area (Å²) in [6.45, 7) is 6.67. The topological polar surface area (TPSA) is 47.3 Å². The number of ether oxygens (including phenoxy) is 1. The zero-order valence-electron chi connectivity index (χ0n) is 11.2. The van der Waals surface area contributed by atoms with Crippen molar-refractivity contribution in [2.75, 3.05) is 13.2 Å². The maximum Gasteiger partial charge on any atom is 0.393 e. The maximum atomic E-state index is 5.64. The van der Waals surface area contributed by atoms with Crippen molar-refractivity contribution in [3.05, 3.63) is 24.1 Å². The van der Waals surface area contributed by atoms with E-state index in [0.717, 1.165) is 31.6 Å². The molecule has 0 aromatic carbocycles. The first-order valence-corrected chi connectivity index (χ1v) is 6.72. The standard InChI is InChI=1S/C14H22N2O2/c1-3-15-8-13-10-18-14(16-13)17-9-12-7-5-4-6-11(12)2/h4-5,10-12,15H,3,6-9H2,1-2H3. The number of hydrogen-bond donors (Lipinski definition) is 1. The van der Waals surface area contributed by atoms with Gasteiger partial charge >= 0.3 is 6.08 Å². The molecule has 0 saturated heterocycles. The molecule has 0 aliphatic heterocycles. The lowest BCUT2D eigenvalue weighted by molar-refractivity contribution is 0.157. The highest BCUT2D eigenvalue weighted by atomic mass is 16.6. The van der Waals surface area contributed by atoms with Crippen molar-refractivity contribution in [3.8, 4) is 6.08 Å². The zero-order chi connectivity index (χ0) is 12.8. The minimum absolute atomic E-state index is 0.393. The van der Waals surface area contributed by atoms with E-state index in [1.807, 2.05) is 0 Å². The Kier molecular flexibility index (Phi) is 4.81. The van der Waals surface area contributed by atoms with Crippen LogP contribution in [0, 0.1) is 11.8 Å². The summed E-state index contributed by atoms with van der Waals surface area (Å²) in [5, 5.41) is 3.20. The molecular weight excluding hydrogens is 228 g/mol. The Morgan fingerprint density at radius 2 is 2.28 bits per heavy atom. The van der Waals surface area contributed by atoms with Crippen LogP contribution in [-0.2, 0) is 6.54 Å². The van der Waals surface area contributed by atoms with Gasteiger partial charge in [0.25, 0.3) is 0 Å². The van der Waals surface area contributed by atoms with Crippen LogP contribution in [0.15, 0.2) is 22.8 Å². The summed E-state index contributed by atoms with van der Waals surface area (Å²) >= 11 is 0. The fourth-order valence-electron chi connectivity index (χ4n) is 2.11. The van der Waals surface area contributed by atoms with Gasteiger partial charge in [-0.25, -0.2) is 0 Å². The molecule has 0 amide bonds. The van der Waals surface area contributed by atoms with Gasteiger partial charge in [-0.1, -0.05) is 26.0 Å². The van der Waals surface area contributed by atoms with Gasteiger partial charge in [-0.3, -0.25) is 0 Å². The van der Waals surface area contributed by atoms with Gasteiger partial charge in [-0.2, -0.15) is 4.98 Å². The highest BCUT2D eigenvalue weighted by Gasteiger charge is 2.19. The van der Waals surface area contributed by atoms with Gasteiger partial charge in [0.15, 0.2) is 0 Å². The van der Waals surface area contributed by atoms with E-state index in [1.54, 1.807) is 6.26 Å². The van der Waals surface area contributed by atoms with E-state index in [9.17, 15) is 0 Å². The molecule has 1 aliphatic rings. The fourth-order valence-corrected chi connectivity index (χ4v) is 2.11. The Bertz CT molecular complexity index is 387. The molecule has 2 unspecified atom stereocenters. The molecular formula is C14H22N2O2. The molecule has 2 rings (SSSR count). The van der Waals surface area contributed by atoms with E-state index >= 15 is 0 Å². The van der Waals surface area contributed by atoms with E-state index < -0.39 is 0 Å². The Morgan fingerprint density at radius 3 is 3.06 bits per heavy atom. The number of nitrogens with zero attached hydrogens (tertiary/aromatic N) is 1. The van der Waals surface area contributed by atoms with Crippen LogP contribution >= 0.6 is 0 Å². The summed E-state index contributed by atoms with van der Waals surface area (Å²) in [6.07, 6.45) is 8.77. The van der Waals surface area contributed by atoms with E-state index in [0.29, 0.717) is 24.5 Å². The van der Waals surface area contributed by atoms with Gasteiger partial charge in [-0.05, 0) is 31.2 Å². The van der Waals surface area contributed by atoms with Gasteiger partial charge in [-0.15, -0.1) is 0 Å². The molecule has 2 atom stereocenters. The second kappa shape index (κ2) is 6.59. The highest BCUT2D eigenvalue weighted by molar-refractivity contribution is 5.00. The summed E-state index contributed by atoms with van der Waals surface area (Å²) in [7, 11) is 0. The molecule has 1 aliphatic carbocycles. The molecule has 1 N–H and O–H groups in total. The second-order valence-electron chi connectivity index (χ2n) is 4.88. The predicted octanol–water partition coefficient (Wildman–Crippen LogP) is 2.77. The number of hydrogen-bond acceptors (Lipinski definition) is 4. The molecule has 0 spiro atoms. The summed E-state index contributed by atoms with van der Waals surface area (Å²) in [6, 6.07) is 0. The van der Waals surface area contributed by atoms with Crippen molar-refractivity contribution in [1.82, 2.24) is 10.3 Å². The SMILES string of the molecule is CCNCc1coc(OCC2CC=CCC2C)n1. The molecule has 0 bridgehead atoms. The van der Waals surface area contributed by atoms with Crippen molar-refractivity contribution in [2.45, 2.75) is 33.2 Å². The zero-order valence-corrected chi connectivity index (χ0v) is 11.2. The monoisotopic (exact) mass is 250 g/mol. The molecule has 18 heavy (non-hydrogen) atoms. The first-order valence-electron chi connectivity index (χ1n) is 6.72. The first kappa shape index (κ1) is 13.1. The molecule has 0 radical (unpaired) electrons. The van der Waals surface area contributed by atoms with Crippen molar-refractivity contribution in [2.24, 2.45) is 11.8 Å². The van der Waals surface area contributed by atoms with Gasteiger partial charge in [0, 0.05) is 6.54 Å². The molecule has 1 aromatic heterocycles. The van der Waals surface area contributed by atoms with Crippen LogP contribution in [-0.4, -0.2) is 18.1 Å². The predicted molar refractivity (Wildman–Crippen MR) is 70.4 cm³/mol. The Hall–Kier alpha value is -1.29. The fraction of sp³-hybridized carbons (Fsp3) is 0.643. The van der Waals surface area contributed by atoms with Crippen LogP contribution in [0.5, 0.6) is 6.08 Å². The van der Waals surface area contributed by atoms with Crippen LogP contribution < -0.4 is 10.1 Å². The molecule has 1 aromatic rings. The van der Waals surface area contributed by atoms with Crippen LogP contribution in [0.1, 0.15) is 32.4 Å². The van der Waals surface area contributed by atoms with E-state index in [-0.39, 0.29) is 0 Å². The average molecular weight is 250 g/mol. The molecule has 4 nitrogen and oxygen atoms in total. The smallest absolute Gasteiger partial charge is 0.393 e. The van der Waals surface area contributed by atoms with E-state index in [1.165, 1.54) is 0 Å². The quantitative estimate of drug-likeness (QED) is 0.789. The van der Waals surface area contributed by atoms with E-state index in [2.05, 4.69) is 36.3 Å². The lowest BCUT2D eigenvalue weighted by atomic mass is 9.85. The number of nitrogens with one attached hydrogen (secondary N) is 1. The summed E-state index contributed by atoms with van der Waals surface area (Å²) in [5.41, 5.74) is 0.892. The lowest BCUT2D eigenvalue weighted by Gasteiger charge is -2.24. The number of allylic oxidation sites excluding steroid dienone is 2. The Labute approximate surface area is 108 Å². The number of aromatic nitrogens is 1. The summed E-state index contributed by atoms with van der Waals surface area (Å²) in [5.74, 6) is 1.24. The van der Waals surface area contributed by atoms with Crippen molar-refractivity contribution < 1.29 is 9.15 Å². The molecule has 0 fully saturated rings. The number of rotatable bonds is 6. The normalized spacial score (nSPS) is 23.2. The third-order valence-corrected chi connectivity index (χ3v) is 3.43. The minimum Gasteiger partial charge on any atom is -0.450 e. The van der Waals surface area contributed by atoms with Gasteiger partial charge < -0.3 is 14.5 Å². The van der Waals surface area contributed by atoms with Crippen LogP contribution in [0.3, 0.4) is 0 Å². The van der Waals surface area contributed by atoms with E-state index in [4.69, 9.17) is 9.15 Å². The van der Waals surface area contributed by atoms with Crippen LogP contribution in [0.4, 0.5) is 0 Å².